The molecular weight excluding hydrogens is 494 g/mol. The number of hydrogen-bond acceptors (Lipinski definition) is 6. The predicted molar refractivity (Wildman–Crippen MR) is 141 cm³/mol. The molecule has 36 heavy (non-hydrogen) atoms. The normalized spacial score (nSPS) is 20.7. The number of benzene rings is 2. The van der Waals surface area contributed by atoms with Crippen molar-refractivity contribution in [3.63, 3.8) is 0 Å². The van der Waals surface area contributed by atoms with Crippen LogP contribution in [0.1, 0.15) is 46.0 Å². The molecule has 3 aromatic rings. The number of methoxy groups -OCH3 is 1. The minimum Gasteiger partial charge on any atom is -0.497 e. The van der Waals surface area contributed by atoms with Crippen molar-refractivity contribution in [2.75, 3.05) is 20.2 Å². The van der Waals surface area contributed by atoms with E-state index in [1.54, 1.807) is 47.8 Å². The van der Waals surface area contributed by atoms with Gasteiger partial charge in [0.05, 0.1) is 13.7 Å². The van der Waals surface area contributed by atoms with Gasteiger partial charge in [-0.1, -0.05) is 36.4 Å². The lowest BCUT2D eigenvalue weighted by Gasteiger charge is -2.31. The molecule has 190 valence electrons. The van der Waals surface area contributed by atoms with Gasteiger partial charge in [-0.2, -0.15) is 4.31 Å². The molecule has 2 unspecified atom stereocenters. The van der Waals surface area contributed by atoms with Crippen LogP contribution in [-0.4, -0.2) is 50.9 Å². The summed E-state index contributed by atoms with van der Waals surface area (Å²) in [5, 5.41) is 6.59. The van der Waals surface area contributed by atoms with Crippen LogP contribution in [0.25, 0.3) is 0 Å². The zero-order chi connectivity index (χ0) is 25.1. The molecule has 9 heteroatoms. The van der Waals surface area contributed by atoms with E-state index in [2.05, 4.69) is 34.9 Å². The largest absolute Gasteiger partial charge is 0.497 e. The Morgan fingerprint density at radius 2 is 1.83 bits per heavy atom. The topological polar surface area (TPSA) is 87.7 Å². The number of sulfonamides is 1. The number of piperidine rings is 1. The SMILES string of the molecule is COc1cccc(C(=O)NCc2ccc(S(=O)(=O)N3CCC(NC4CC4c4ccccc4)CC3)s2)c1. The highest BCUT2D eigenvalue weighted by atomic mass is 32.2. The van der Waals surface area contributed by atoms with Gasteiger partial charge in [-0.15, -0.1) is 11.3 Å². The molecule has 1 aromatic heterocycles. The molecule has 2 aromatic carbocycles. The van der Waals surface area contributed by atoms with E-state index in [1.807, 2.05) is 6.07 Å². The Morgan fingerprint density at radius 3 is 2.58 bits per heavy atom. The van der Waals surface area contributed by atoms with Gasteiger partial charge >= 0.3 is 0 Å². The van der Waals surface area contributed by atoms with Gasteiger partial charge in [0, 0.05) is 41.5 Å². The van der Waals surface area contributed by atoms with Gasteiger partial charge in [0.2, 0.25) is 0 Å². The molecule has 5 rings (SSSR count). The van der Waals surface area contributed by atoms with Crippen LogP contribution in [0.5, 0.6) is 5.75 Å². The molecule has 7 nitrogen and oxygen atoms in total. The summed E-state index contributed by atoms with van der Waals surface area (Å²) < 4.78 is 33.5. The Morgan fingerprint density at radius 1 is 1.06 bits per heavy atom. The van der Waals surface area contributed by atoms with Gasteiger partial charge in [-0.25, -0.2) is 8.42 Å². The van der Waals surface area contributed by atoms with Crippen molar-refractivity contribution in [3.05, 3.63) is 82.7 Å². The monoisotopic (exact) mass is 525 g/mol. The number of hydrogen-bond donors (Lipinski definition) is 2. The number of rotatable bonds is 9. The Balaban J connectivity index is 1.11. The summed E-state index contributed by atoms with van der Waals surface area (Å²) in [4.78, 5) is 13.2. The summed E-state index contributed by atoms with van der Waals surface area (Å²) in [6, 6.07) is 21.7. The number of nitrogens with one attached hydrogen (secondary N) is 2. The second kappa shape index (κ2) is 10.7. The smallest absolute Gasteiger partial charge is 0.252 e. The molecule has 1 aliphatic carbocycles. The quantitative estimate of drug-likeness (QED) is 0.441. The van der Waals surface area contributed by atoms with Gasteiger partial charge in [0.15, 0.2) is 0 Å². The van der Waals surface area contributed by atoms with E-state index in [0.717, 1.165) is 24.1 Å². The van der Waals surface area contributed by atoms with Crippen LogP contribution in [0.3, 0.4) is 0 Å². The van der Waals surface area contributed by atoms with Crippen molar-refractivity contribution in [2.45, 2.75) is 48.0 Å². The molecule has 1 saturated carbocycles. The highest BCUT2D eigenvalue weighted by molar-refractivity contribution is 7.91. The number of amides is 1. The van der Waals surface area contributed by atoms with Crippen LogP contribution < -0.4 is 15.4 Å². The summed E-state index contributed by atoms with van der Waals surface area (Å²) in [7, 11) is -1.98. The van der Waals surface area contributed by atoms with Crippen LogP contribution in [0.15, 0.2) is 70.9 Å². The molecule has 1 aliphatic heterocycles. The van der Waals surface area contributed by atoms with E-state index in [1.165, 1.54) is 16.9 Å². The molecule has 0 spiro atoms. The number of thiophene rings is 1. The minimum absolute atomic E-state index is 0.230. The minimum atomic E-state index is -3.54. The second-order valence-electron chi connectivity index (χ2n) is 9.34. The second-order valence-corrected chi connectivity index (χ2v) is 12.7. The molecule has 1 amide bonds. The van der Waals surface area contributed by atoms with Crippen LogP contribution >= 0.6 is 11.3 Å². The van der Waals surface area contributed by atoms with Crippen molar-refractivity contribution in [2.24, 2.45) is 0 Å². The molecule has 0 bridgehead atoms. The first-order chi connectivity index (χ1) is 17.4. The zero-order valence-electron chi connectivity index (χ0n) is 20.2. The molecule has 2 fully saturated rings. The van der Waals surface area contributed by atoms with E-state index in [9.17, 15) is 13.2 Å². The number of ether oxygens (including phenoxy) is 1. The average Bonchev–Trinajstić information content (AvgIpc) is 3.50. The third-order valence-electron chi connectivity index (χ3n) is 6.91. The molecule has 2 aliphatic rings. The Labute approximate surface area is 216 Å². The third-order valence-corrected chi connectivity index (χ3v) is 10.4. The van der Waals surface area contributed by atoms with Crippen molar-refractivity contribution in [1.29, 1.82) is 0 Å². The van der Waals surface area contributed by atoms with Crippen LogP contribution in [0.4, 0.5) is 0 Å². The lowest BCUT2D eigenvalue weighted by molar-refractivity contribution is 0.0951. The lowest BCUT2D eigenvalue weighted by Crippen LogP contribution is -2.45. The third kappa shape index (κ3) is 5.64. The summed E-state index contributed by atoms with van der Waals surface area (Å²) >= 11 is 1.21. The Kier molecular flexibility index (Phi) is 7.43. The molecular formula is C27H31N3O4S2. The van der Waals surface area contributed by atoms with Crippen molar-refractivity contribution >= 4 is 27.3 Å². The van der Waals surface area contributed by atoms with Crippen molar-refractivity contribution in [1.82, 2.24) is 14.9 Å². The standard InChI is InChI=1S/C27H31N3O4S2/c1-34-22-9-5-8-20(16-22)27(31)28-18-23-10-11-26(35-23)36(32,33)30-14-12-21(13-15-30)29-25-17-24(25)19-6-3-2-4-7-19/h2-11,16,21,24-25,29H,12-15,17-18H2,1H3,(H,28,31). The molecule has 0 radical (unpaired) electrons. The molecule has 2 N–H and O–H groups in total. The van der Waals surface area contributed by atoms with Crippen molar-refractivity contribution in [3.8, 4) is 5.75 Å². The first-order valence-corrected chi connectivity index (χ1v) is 14.5. The number of nitrogens with zero attached hydrogens (tertiary/aromatic N) is 1. The molecule has 2 heterocycles. The van der Waals surface area contributed by atoms with E-state index in [4.69, 9.17) is 4.74 Å². The number of carbonyl (C=O) groups excluding carboxylic acids is 1. The van der Waals surface area contributed by atoms with E-state index >= 15 is 0 Å². The average molecular weight is 526 g/mol. The highest BCUT2D eigenvalue weighted by Gasteiger charge is 2.40. The number of carbonyl (C=O) groups is 1. The summed E-state index contributed by atoms with van der Waals surface area (Å²) in [5.74, 6) is 0.952. The molecule has 1 saturated heterocycles. The Hall–Kier alpha value is -2.72. The van der Waals surface area contributed by atoms with Gasteiger partial charge in [0.1, 0.15) is 9.96 Å². The summed E-state index contributed by atoms with van der Waals surface area (Å²) in [6.45, 7) is 1.30. The molecule has 2 atom stereocenters. The fraction of sp³-hybridized carbons (Fsp3) is 0.370. The first kappa shape index (κ1) is 25.0. The van der Waals surface area contributed by atoms with E-state index < -0.39 is 10.0 Å². The van der Waals surface area contributed by atoms with Gasteiger partial charge < -0.3 is 15.4 Å². The van der Waals surface area contributed by atoms with Gasteiger partial charge in [0.25, 0.3) is 15.9 Å². The van der Waals surface area contributed by atoms with E-state index in [0.29, 0.717) is 46.6 Å². The predicted octanol–water partition coefficient (Wildman–Crippen LogP) is 3.99. The van der Waals surface area contributed by atoms with Crippen LogP contribution in [0, 0.1) is 0 Å². The Bertz CT molecular complexity index is 1300. The maximum Gasteiger partial charge on any atom is 0.252 e. The van der Waals surface area contributed by atoms with Crippen molar-refractivity contribution < 1.29 is 17.9 Å². The fourth-order valence-corrected chi connectivity index (χ4v) is 7.69. The fourth-order valence-electron chi connectivity index (χ4n) is 4.77. The maximum absolute atomic E-state index is 13.2. The highest BCUT2D eigenvalue weighted by Crippen LogP contribution is 2.41. The summed E-state index contributed by atoms with van der Waals surface area (Å²) in [5.41, 5.74) is 1.87. The van der Waals surface area contributed by atoms with Crippen LogP contribution in [0.2, 0.25) is 0 Å². The summed E-state index contributed by atoms with van der Waals surface area (Å²) in [6.07, 6.45) is 2.77. The van der Waals surface area contributed by atoms with Gasteiger partial charge in [-0.3, -0.25) is 4.79 Å². The lowest BCUT2D eigenvalue weighted by atomic mass is 10.1. The zero-order valence-corrected chi connectivity index (χ0v) is 21.9. The van der Waals surface area contributed by atoms with E-state index in [-0.39, 0.29) is 12.5 Å². The van der Waals surface area contributed by atoms with Gasteiger partial charge in [-0.05, 0) is 55.2 Å². The first-order valence-electron chi connectivity index (χ1n) is 12.3. The maximum atomic E-state index is 13.2. The van der Waals surface area contributed by atoms with Crippen LogP contribution in [-0.2, 0) is 16.6 Å².